The zero-order chi connectivity index (χ0) is 13.1. The van der Waals surface area contributed by atoms with Crippen molar-refractivity contribution >= 4 is 0 Å². The lowest BCUT2D eigenvalue weighted by Gasteiger charge is -2.20. The van der Waals surface area contributed by atoms with Crippen LogP contribution in [-0.4, -0.2) is 31.1 Å². The smallest absolute Gasteiger partial charge is 0.0218 e. The number of nitrogens with one attached hydrogen (secondary N) is 1. The Morgan fingerprint density at radius 1 is 1.17 bits per heavy atom. The molecule has 2 nitrogen and oxygen atoms in total. The molecular weight excluding hydrogens is 220 g/mol. The highest BCUT2D eigenvalue weighted by molar-refractivity contribution is 5.36. The van der Waals surface area contributed by atoms with E-state index in [1.165, 1.54) is 41.6 Å². The predicted octanol–water partition coefficient (Wildman–Crippen LogP) is 2.80. The fourth-order valence-corrected chi connectivity index (χ4v) is 2.82. The van der Waals surface area contributed by atoms with Crippen LogP contribution >= 0.6 is 0 Å². The van der Waals surface area contributed by atoms with Crippen molar-refractivity contribution in [1.29, 1.82) is 0 Å². The van der Waals surface area contributed by atoms with Crippen LogP contribution < -0.4 is 5.32 Å². The summed E-state index contributed by atoms with van der Waals surface area (Å²) in [5.41, 5.74) is 5.64. The summed E-state index contributed by atoms with van der Waals surface area (Å²) in [6, 6.07) is 5.36. The van der Waals surface area contributed by atoms with Crippen LogP contribution in [0.2, 0.25) is 0 Å². The average molecular weight is 246 g/mol. The van der Waals surface area contributed by atoms with Crippen LogP contribution in [0, 0.1) is 20.8 Å². The van der Waals surface area contributed by atoms with E-state index in [0.717, 1.165) is 19.1 Å². The Kier molecular flexibility index (Phi) is 4.41. The van der Waals surface area contributed by atoms with Gasteiger partial charge in [-0.3, -0.25) is 0 Å². The van der Waals surface area contributed by atoms with Crippen LogP contribution in [-0.2, 0) is 6.54 Å². The minimum atomic E-state index is 0.733. The molecule has 0 spiro atoms. The molecule has 1 aromatic rings. The molecule has 1 atom stereocenters. The van der Waals surface area contributed by atoms with Gasteiger partial charge in [0.1, 0.15) is 0 Å². The maximum Gasteiger partial charge on any atom is 0.0218 e. The van der Waals surface area contributed by atoms with Crippen molar-refractivity contribution in [3.05, 3.63) is 34.4 Å². The molecule has 1 N–H and O–H groups in total. The van der Waals surface area contributed by atoms with Crippen molar-refractivity contribution in [1.82, 2.24) is 10.2 Å². The Balaban J connectivity index is 1.88. The highest BCUT2D eigenvalue weighted by Gasteiger charge is 2.19. The Morgan fingerprint density at radius 2 is 1.89 bits per heavy atom. The molecule has 18 heavy (non-hydrogen) atoms. The lowest BCUT2D eigenvalue weighted by atomic mass is 10.0. The third kappa shape index (κ3) is 3.12. The molecule has 1 aliphatic heterocycles. The van der Waals surface area contributed by atoms with Crippen LogP contribution in [0.25, 0.3) is 0 Å². The Bertz CT molecular complexity index is 412. The molecule has 1 saturated heterocycles. The summed E-state index contributed by atoms with van der Waals surface area (Å²) in [4.78, 5) is 2.47. The molecule has 0 radical (unpaired) electrons. The molecule has 1 aliphatic rings. The molecule has 0 aliphatic carbocycles. The van der Waals surface area contributed by atoms with Crippen molar-refractivity contribution < 1.29 is 0 Å². The SMILES string of the molecule is Cc1cc(C)c(CNCC2CCCN2C)cc1C. The molecule has 0 amide bonds. The van der Waals surface area contributed by atoms with Gasteiger partial charge >= 0.3 is 0 Å². The molecule has 0 bridgehead atoms. The third-order valence-electron chi connectivity index (χ3n) is 4.32. The lowest BCUT2D eigenvalue weighted by Crippen LogP contribution is -2.35. The van der Waals surface area contributed by atoms with Gasteiger partial charge in [0.2, 0.25) is 0 Å². The minimum absolute atomic E-state index is 0.733. The van der Waals surface area contributed by atoms with Gasteiger partial charge in [0.15, 0.2) is 0 Å². The van der Waals surface area contributed by atoms with Crippen LogP contribution in [0.3, 0.4) is 0 Å². The second kappa shape index (κ2) is 5.85. The monoisotopic (exact) mass is 246 g/mol. The number of hydrogen-bond donors (Lipinski definition) is 1. The quantitative estimate of drug-likeness (QED) is 0.879. The normalized spacial score (nSPS) is 20.6. The molecule has 0 aromatic heterocycles. The molecule has 100 valence electrons. The van der Waals surface area contributed by atoms with Crippen molar-refractivity contribution in [2.75, 3.05) is 20.1 Å². The first-order chi connectivity index (χ1) is 8.58. The number of hydrogen-bond acceptors (Lipinski definition) is 2. The van der Waals surface area contributed by atoms with E-state index in [0.29, 0.717) is 0 Å². The zero-order valence-corrected chi connectivity index (χ0v) is 12.2. The van der Waals surface area contributed by atoms with Crippen LogP contribution in [0.15, 0.2) is 12.1 Å². The van der Waals surface area contributed by atoms with Crippen molar-refractivity contribution in [2.24, 2.45) is 0 Å². The van der Waals surface area contributed by atoms with E-state index < -0.39 is 0 Å². The highest BCUT2D eigenvalue weighted by Crippen LogP contribution is 2.16. The predicted molar refractivity (Wildman–Crippen MR) is 78.0 cm³/mol. The van der Waals surface area contributed by atoms with Crippen LogP contribution in [0.5, 0.6) is 0 Å². The second-order valence-corrected chi connectivity index (χ2v) is 5.77. The Hall–Kier alpha value is -0.860. The summed E-state index contributed by atoms with van der Waals surface area (Å²) in [5, 5.41) is 3.62. The first kappa shape index (κ1) is 13.6. The topological polar surface area (TPSA) is 15.3 Å². The average Bonchev–Trinajstić information content (AvgIpc) is 2.72. The number of rotatable bonds is 4. The van der Waals surface area contributed by atoms with Gasteiger partial charge < -0.3 is 10.2 Å². The fraction of sp³-hybridized carbons (Fsp3) is 0.625. The third-order valence-corrected chi connectivity index (χ3v) is 4.32. The summed E-state index contributed by atoms with van der Waals surface area (Å²) >= 11 is 0. The maximum atomic E-state index is 3.62. The summed E-state index contributed by atoms with van der Waals surface area (Å²) in [7, 11) is 2.24. The molecule has 2 heteroatoms. The summed E-state index contributed by atoms with van der Waals surface area (Å²) in [6.45, 7) is 9.97. The number of benzene rings is 1. The minimum Gasteiger partial charge on any atom is -0.311 e. The van der Waals surface area contributed by atoms with Crippen molar-refractivity contribution in [3.63, 3.8) is 0 Å². The van der Waals surface area contributed by atoms with E-state index >= 15 is 0 Å². The molecule has 2 rings (SSSR count). The second-order valence-electron chi connectivity index (χ2n) is 5.77. The van der Waals surface area contributed by atoms with Gasteiger partial charge in [-0.15, -0.1) is 0 Å². The fourth-order valence-electron chi connectivity index (χ4n) is 2.82. The Labute approximate surface area is 111 Å². The van der Waals surface area contributed by atoms with E-state index in [9.17, 15) is 0 Å². The van der Waals surface area contributed by atoms with Crippen LogP contribution in [0.4, 0.5) is 0 Å². The molecule has 1 unspecified atom stereocenters. The number of aryl methyl sites for hydroxylation is 3. The van der Waals surface area contributed by atoms with E-state index in [2.05, 4.69) is 50.2 Å². The number of likely N-dealkylation sites (N-methyl/N-ethyl adjacent to an activating group) is 1. The molecule has 0 saturated carbocycles. The molecule has 1 aromatic carbocycles. The van der Waals surface area contributed by atoms with Gasteiger partial charge in [0, 0.05) is 19.1 Å². The standard InChI is InChI=1S/C16H26N2/c1-12-8-14(3)15(9-13(12)2)10-17-11-16-6-5-7-18(16)4/h8-9,16-17H,5-7,10-11H2,1-4H3. The van der Waals surface area contributed by atoms with Gasteiger partial charge in [-0.25, -0.2) is 0 Å². The molecule has 1 fully saturated rings. The molecule has 1 heterocycles. The van der Waals surface area contributed by atoms with Gasteiger partial charge in [-0.05, 0) is 69.5 Å². The first-order valence-electron chi connectivity index (χ1n) is 7.05. The number of nitrogens with zero attached hydrogens (tertiary/aromatic N) is 1. The van der Waals surface area contributed by atoms with Crippen LogP contribution in [0.1, 0.15) is 35.1 Å². The van der Waals surface area contributed by atoms with Gasteiger partial charge in [-0.1, -0.05) is 12.1 Å². The summed E-state index contributed by atoms with van der Waals surface area (Å²) in [5.74, 6) is 0. The van der Waals surface area contributed by atoms with Gasteiger partial charge in [0.25, 0.3) is 0 Å². The van der Waals surface area contributed by atoms with Crippen molar-refractivity contribution in [3.8, 4) is 0 Å². The molecular formula is C16H26N2. The van der Waals surface area contributed by atoms with E-state index in [-0.39, 0.29) is 0 Å². The van der Waals surface area contributed by atoms with Gasteiger partial charge in [0.05, 0.1) is 0 Å². The van der Waals surface area contributed by atoms with Crippen molar-refractivity contribution in [2.45, 2.75) is 46.2 Å². The first-order valence-corrected chi connectivity index (χ1v) is 7.05. The summed E-state index contributed by atoms with van der Waals surface area (Å²) in [6.07, 6.45) is 2.70. The van der Waals surface area contributed by atoms with Gasteiger partial charge in [-0.2, -0.15) is 0 Å². The number of likely N-dealkylation sites (tertiary alicyclic amines) is 1. The van der Waals surface area contributed by atoms with E-state index in [1.807, 2.05) is 0 Å². The zero-order valence-electron chi connectivity index (χ0n) is 12.2. The lowest BCUT2D eigenvalue weighted by molar-refractivity contribution is 0.300. The largest absolute Gasteiger partial charge is 0.311 e. The highest BCUT2D eigenvalue weighted by atomic mass is 15.2. The maximum absolute atomic E-state index is 3.62. The van der Waals surface area contributed by atoms with E-state index in [1.54, 1.807) is 0 Å². The summed E-state index contributed by atoms with van der Waals surface area (Å²) < 4.78 is 0. The van der Waals surface area contributed by atoms with E-state index in [4.69, 9.17) is 0 Å². The Morgan fingerprint density at radius 3 is 2.56 bits per heavy atom.